The van der Waals surface area contributed by atoms with E-state index in [1.54, 1.807) is 18.2 Å². The molecule has 1 aliphatic rings. The van der Waals surface area contributed by atoms with E-state index >= 15 is 0 Å². The molecule has 2 aromatic carbocycles. The molecule has 0 aliphatic heterocycles. The first-order valence-corrected chi connectivity index (χ1v) is 10.3. The van der Waals surface area contributed by atoms with Gasteiger partial charge in [-0.25, -0.2) is 17.5 Å². The minimum absolute atomic E-state index is 0.261. The Labute approximate surface area is 152 Å². The Hall–Kier alpha value is -2.18. The van der Waals surface area contributed by atoms with Gasteiger partial charge in [0, 0.05) is 29.1 Å². The number of aryl methyl sites for hydroxylation is 1. The zero-order valence-corrected chi connectivity index (χ0v) is 15.4. The number of aromatic nitrogens is 1. The molecule has 26 heavy (non-hydrogen) atoms. The molecule has 0 amide bonds. The number of hydrogen-bond acceptors (Lipinski definition) is 2. The predicted octanol–water partition coefficient (Wildman–Crippen LogP) is 3.88. The summed E-state index contributed by atoms with van der Waals surface area (Å²) in [7, 11) is -3.57. The van der Waals surface area contributed by atoms with Crippen molar-refractivity contribution >= 4 is 20.9 Å². The van der Waals surface area contributed by atoms with Crippen molar-refractivity contribution in [1.29, 1.82) is 0 Å². The molecule has 0 atom stereocenters. The van der Waals surface area contributed by atoms with Gasteiger partial charge in [-0.2, -0.15) is 0 Å². The quantitative estimate of drug-likeness (QED) is 0.690. The standard InChI is InChI=1S/C20H21FN2O2S/c1-2-14-3-6-16(7-4-14)26(24,25)23-13-20(9-10-20)18-12-22-19-8-5-15(21)11-17(18)19/h3-8,11-12,22-23H,2,9-10,13H2,1H3. The number of hydrogen-bond donors (Lipinski definition) is 2. The Morgan fingerprint density at radius 1 is 1.15 bits per heavy atom. The monoisotopic (exact) mass is 372 g/mol. The lowest BCUT2D eigenvalue weighted by Gasteiger charge is -2.16. The summed E-state index contributed by atoms with van der Waals surface area (Å²) < 4.78 is 41.6. The molecular formula is C20H21FN2O2S. The highest BCUT2D eigenvalue weighted by atomic mass is 32.2. The van der Waals surface area contributed by atoms with Crippen molar-refractivity contribution in [3.8, 4) is 0 Å². The Morgan fingerprint density at radius 2 is 1.88 bits per heavy atom. The van der Waals surface area contributed by atoms with Gasteiger partial charge < -0.3 is 4.98 Å². The van der Waals surface area contributed by atoms with E-state index < -0.39 is 10.0 Å². The van der Waals surface area contributed by atoms with Crippen LogP contribution in [0.1, 0.15) is 30.9 Å². The van der Waals surface area contributed by atoms with Gasteiger partial charge in [-0.1, -0.05) is 19.1 Å². The fourth-order valence-corrected chi connectivity index (χ4v) is 4.57. The highest BCUT2D eigenvalue weighted by Crippen LogP contribution is 2.50. The Morgan fingerprint density at radius 3 is 2.54 bits per heavy atom. The Kier molecular flexibility index (Phi) is 4.12. The number of fused-ring (bicyclic) bond motifs is 1. The van der Waals surface area contributed by atoms with Gasteiger partial charge in [0.2, 0.25) is 10.0 Å². The molecule has 0 saturated heterocycles. The molecule has 2 N–H and O–H groups in total. The molecule has 0 spiro atoms. The number of rotatable bonds is 6. The van der Waals surface area contributed by atoms with Gasteiger partial charge in [0.25, 0.3) is 0 Å². The molecular weight excluding hydrogens is 351 g/mol. The summed E-state index contributed by atoms with van der Waals surface area (Å²) in [4.78, 5) is 3.43. The maximum atomic E-state index is 13.6. The third-order valence-corrected chi connectivity index (χ3v) is 6.73. The van der Waals surface area contributed by atoms with Crippen molar-refractivity contribution in [2.24, 2.45) is 0 Å². The van der Waals surface area contributed by atoms with Gasteiger partial charge >= 0.3 is 0 Å². The Bertz CT molecular complexity index is 1050. The minimum atomic E-state index is -3.57. The van der Waals surface area contributed by atoms with E-state index in [0.29, 0.717) is 6.54 Å². The van der Waals surface area contributed by atoms with Crippen molar-refractivity contribution in [3.05, 3.63) is 65.6 Å². The highest BCUT2D eigenvalue weighted by molar-refractivity contribution is 7.89. The number of nitrogens with one attached hydrogen (secondary N) is 2. The van der Waals surface area contributed by atoms with Crippen molar-refractivity contribution < 1.29 is 12.8 Å². The molecule has 1 heterocycles. The summed E-state index contributed by atoms with van der Waals surface area (Å²) in [5, 5.41) is 0.828. The number of benzene rings is 2. The van der Waals surface area contributed by atoms with E-state index in [4.69, 9.17) is 0 Å². The number of aromatic amines is 1. The molecule has 6 heteroatoms. The predicted molar refractivity (Wildman–Crippen MR) is 100 cm³/mol. The van der Waals surface area contributed by atoms with Crippen LogP contribution in [-0.4, -0.2) is 19.9 Å². The first-order chi connectivity index (χ1) is 12.4. The number of sulfonamides is 1. The van der Waals surface area contributed by atoms with E-state index in [-0.39, 0.29) is 16.1 Å². The SMILES string of the molecule is CCc1ccc(S(=O)(=O)NCC2(c3c[nH]c4ccc(F)cc34)CC2)cc1. The maximum Gasteiger partial charge on any atom is 0.240 e. The smallest absolute Gasteiger partial charge is 0.240 e. The van der Waals surface area contributed by atoms with E-state index in [9.17, 15) is 12.8 Å². The molecule has 0 unspecified atom stereocenters. The van der Waals surface area contributed by atoms with E-state index in [1.165, 1.54) is 12.1 Å². The fourth-order valence-electron chi connectivity index (χ4n) is 3.44. The van der Waals surface area contributed by atoms with Crippen LogP contribution in [0.25, 0.3) is 10.9 Å². The van der Waals surface area contributed by atoms with Crippen molar-refractivity contribution in [2.45, 2.75) is 36.5 Å². The first-order valence-electron chi connectivity index (χ1n) is 8.79. The van der Waals surface area contributed by atoms with Crippen molar-refractivity contribution in [3.63, 3.8) is 0 Å². The van der Waals surface area contributed by atoms with E-state index in [2.05, 4.69) is 9.71 Å². The number of H-pyrrole nitrogens is 1. The molecule has 3 aromatic rings. The molecule has 1 saturated carbocycles. The van der Waals surface area contributed by atoms with Gasteiger partial charge in [0.1, 0.15) is 5.82 Å². The third kappa shape index (κ3) is 3.04. The molecule has 1 fully saturated rings. The normalized spacial score (nSPS) is 16.1. The van der Waals surface area contributed by atoms with Crippen LogP contribution in [0, 0.1) is 5.82 Å². The largest absolute Gasteiger partial charge is 0.361 e. The van der Waals surface area contributed by atoms with Gasteiger partial charge in [-0.15, -0.1) is 0 Å². The molecule has 0 radical (unpaired) electrons. The highest BCUT2D eigenvalue weighted by Gasteiger charge is 2.46. The lowest BCUT2D eigenvalue weighted by atomic mass is 9.96. The summed E-state index contributed by atoms with van der Waals surface area (Å²) in [6.45, 7) is 2.34. The van der Waals surface area contributed by atoms with Crippen molar-refractivity contribution in [2.75, 3.05) is 6.54 Å². The average molecular weight is 372 g/mol. The summed E-state index contributed by atoms with van der Waals surface area (Å²) in [5.41, 5.74) is 2.69. The van der Waals surface area contributed by atoms with Gasteiger partial charge in [-0.3, -0.25) is 0 Å². The lowest BCUT2D eigenvalue weighted by molar-refractivity contribution is 0.567. The van der Waals surface area contributed by atoms with Crippen LogP contribution in [-0.2, 0) is 21.9 Å². The molecule has 0 bridgehead atoms. The lowest BCUT2D eigenvalue weighted by Crippen LogP contribution is -2.32. The molecule has 136 valence electrons. The first kappa shape index (κ1) is 17.2. The van der Waals surface area contributed by atoms with E-state index in [0.717, 1.165) is 41.3 Å². The molecule has 4 nitrogen and oxygen atoms in total. The summed E-state index contributed by atoms with van der Waals surface area (Å²) in [5.74, 6) is -0.286. The summed E-state index contributed by atoms with van der Waals surface area (Å²) >= 11 is 0. The zero-order chi connectivity index (χ0) is 18.4. The van der Waals surface area contributed by atoms with Gasteiger partial charge in [-0.05, 0) is 60.7 Å². The summed E-state index contributed by atoms with van der Waals surface area (Å²) in [6.07, 6.45) is 4.51. The second-order valence-electron chi connectivity index (χ2n) is 6.99. The minimum Gasteiger partial charge on any atom is -0.361 e. The van der Waals surface area contributed by atoms with Crippen molar-refractivity contribution in [1.82, 2.24) is 9.71 Å². The van der Waals surface area contributed by atoms with Crippen LogP contribution in [0.3, 0.4) is 0 Å². The summed E-state index contributed by atoms with van der Waals surface area (Å²) in [6, 6.07) is 11.6. The molecule has 1 aliphatic carbocycles. The van der Waals surface area contributed by atoms with Crippen LogP contribution in [0.4, 0.5) is 4.39 Å². The van der Waals surface area contributed by atoms with Crippen LogP contribution < -0.4 is 4.72 Å². The van der Waals surface area contributed by atoms with Crippen LogP contribution >= 0.6 is 0 Å². The zero-order valence-electron chi connectivity index (χ0n) is 14.5. The van der Waals surface area contributed by atoms with Crippen LogP contribution in [0.5, 0.6) is 0 Å². The van der Waals surface area contributed by atoms with Crippen LogP contribution in [0.15, 0.2) is 53.6 Å². The van der Waals surface area contributed by atoms with Crippen LogP contribution in [0.2, 0.25) is 0 Å². The second-order valence-corrected chi connectivity index (χ2v) is 8.76. The molecule has 1 aromatic heterocycles. The second kappa shape index (κ2) is 6.21. The Balaban J connectivity index is 1.57. The maximum absolute atomic E-state index is 13.6. The number of halogens is 1. The van der Waals surface area contributed by atoms with Gasteiger partial charge in [0.05, 0.1) is 4.90 Å². The van der Waals surface area contributed by atoms with Gasteiger partial charge in [0.15, 0.2) is 0 Å². The van der Waals surface area contributed by atoms with E-state index in [1.807, 2.05) is 25.3 Å². The fraction of sp³-hybridized carbons (Fsp3) is 0.300. The third-order valence-electron chi connectivity index (χ3n) is 5.31. The average Bonchev–Trinajstić information content (AvgIpc) is 3.32. The topological polar surface area (TPSA) is 62.0 Å². The molecule has 4 rings (SSSR count).